The van der Waals surface area contributed by atoms with Crippen LogP contribution in [0.15, 0.2) is 23.8 Å². The van der Waals surface area contributed by atoms with Gasteiger partial charge >= 0.3 is 0 Å². The molecule has 14 heavy (non-hydrogen) atoms. The van der Waals surface area contributed by atoms with Gasteiger partial charge in [0.1, 0.15) is 0 Å². The highest BCUT2D eigenvalue weighted by molar-refractivity contribution is 5.24. The van der Waals surface area contributed by atoms with E-state index in [0.29, 0.717) is 5.92 Å². The van der Waals surface area contributed by atoms with Crippen molar-refractivity contribution in [3.05, 3.63) is 23.8 Å². The molecule has 0 aliphatic heterocycles. The van der Waals surface area contributed by atoms with Crippen LogP contribution in [0.4, 0.5) is 0 Å². The molecule has 0 spiro atoms. The lowest BCUT2D eigenvalue weighted by Gasteiger charge is -2.16. The van der Waals surface area contributed by atoms with Gasteiger partial charge in [0, 0.05) is 19.6 Å². The van der Waals surface area contributed by atoms with E-state index in [9.17, 15) is 0 Å². The standard InChI is InChI=1S/C12H22N2/c1-11(10-14-9-8-13-2)12-6-4-3-5-7-12/h4,6-7,11,13-14H,3,5,8-10H2,1-2H3. The van der Waals surface area contributed by atoms with E-state index < -0.39 is 0 Å². The van der Waals surface area contributed by atoms with E-state index in [0.717, 1.165) is 19.6 Å². The summed E-state index contributed by atoms with van der Waals surface area (Å²) in [5, 5.41) is 6.58. The van der Waals surface area contributed by atoms with Gasteiger partial charge in [0.2, 0.25) is 0 Å². The lowest BCUT2D eigenvalue weighted by Crippen LogP contribution is -2.29. The molecule has 0 saturated carbocycles. The molecule has 2 N–H and O–H groups in total. The minimum atomic E-state index is 0.642. The van der Waals surface area contributed by atoms with Crippen LogP contribution in [-0.4, -0.2) is 26.7 Å². The van der Waals surface area contributed by atoms with E-state index >= 15 is 0 Å². The Labute approximate surface area is 87.5 Å². The van der Waals surface area contributed by atoms with Crippen LogP contribution in [0.3, 0.4) is 0 Å². The maximum absolute atomic E-state index is 3.45. The number of nitrogens with one attached hydrogen (secondary N) is 2. The average Bonchev–Trinajstić information content (AvgIpc) is 2.25. The fourth-order valence-electron chi connectivity index (χ4n) is 1.65. The number of rotatable bonds is 6. The van der Waals surface area contributed by atoms with Gasteiger partial charge in [-0.25, -0.2) is 0 Å². The molecule has 0 radical (unpaired) electrons. The molecular formula is C12H22N2. The first-order valence-corrected chi connectivity index (χ1v) is 5.56. The molecule has 0 aromatic heterocycles. The van der Waals surface area contributed by atoms with Gasteiger partial charge in [0.05, 0.1) is 0 Å². The second-order valence-electron chi connectivity index (χ2n) is 3.89. The molecule has 80 valence electrons. The van der Waals surface area contributed by atoms with E-state index in [1.54, 1.807) is 0 Å². The van der Waals surface area contributed by atoms with Crippen molar-refractivity contribution >= 4 is 0 Å². The van der Waals surface area contributed by atoms with Gasteiger partial charge in [0.25, 0.3) is 0 Å². The van der Waals surface area contributed by atoms with Crippen LogP contribution in [0.25, 0.3) is 0 Å². The topological polar surface area (TPSA) is 24.1 Å². The highest BCUT2D eigenvalue weighted by Gasteiger charge is 2.06. The van der Waals surface area contributed by atoms with Gasteiger partial charge in [-0.3, -0.25) is 0 Å². The quantitative estimate of drug-likeness (QED) is 0.629. The molecule has 1 atom stereocenters. The highest BCUT2D eigenvalue weighted by atomic mass is 14.9. The molecule has 0 saturated heterocycles. The van der Waals surface area contributed by atoms with E-state index in [4.69, 9.17) is 0 Å². The third-order valence-electron chi connectivity index (χ3n) is 2.60. The summed E-state index contributed by atoms with van der Waals surface area (Å²) in [6.07, 6.45) is 9.34. The van der Waals surface area contributed by atoms with Crippen LogP contribution in [0.2, 0.25) is 0 Å². The Balaban J connectivity index is 2.17. The number of likely N-dealkylation sites (N-methyl/N-ethyl adjacent to an activating group) is 1. The summed E-state index contributed by atoms with van der Waals surface area (Å²) in [6, 6.07) is 0. The van der Waals surface area contributed by atoms with Crippen molar-refractivity contribution in [3.8, 4) is 0 Å². The molecular weight excluding hydrogens is 172 g/mol. The summed E-state index contributed by atoms with van der Waals surface area (Å²) in [5.74, 6) is 0.642. The average molecular weight is 194 g/mol. The van der Waals surface area contributed by atoms with Crippen LogP contribution in [0.5, 0.6) is 0 Å². The summed E-state index contributed by atoms with van der Waals surface area (Å²) in [5.41, 5.74) is 1.49. The van der Waals surface area contributed by atoms with Crippen molar-refractivity contribution in [1.82, 2.24) is 10.6 Å². The molecule has 1 aliphatic carbocycles. The van der Waals surface area contributed by atoms with E-state index in [1.165, 1.54) is 18.4 Å². The normalized spacial score (nSPS) is 18.0. The summed E-state index contributed by atoms with van der Waals surface area (Å²) in [6.45, 7) is 5.46. The van der Waals surface area contributed by atoms with Crippen molar-refractivity contribution in [2.45, 2.75) is 19.8 Å². The fourth-order valence-corrected chi connectivity index (χ4v) is 1.65. The minimum Gasteiger partial charge on any atom is -0.318 e. The number of hydrogen-bond acceptors (Lipinski definition) is 2. The third-order valence-corrected chi connectivity index (χ3v) is 2.60. The smallest absolute Gasteiger partial charge is 0.00768 e. The van der Waals surface area contributed by atoms with Crippen molar-refractivity contribution in [1.29, 1.82) is 0 Å². The van der Waals surface area contributed by atoms with Gasteiger partial charge in [-0.15, -0.1) is 0 Å². The zero-order valence-corrected chi connectivity index (χ0v) is 9.34. The zero-order chi connectivity index (χ0) is 10.2. The summed E-state index contributed by atoms with van der Waals surface area (Å²) in [7, 11) is 1.98. The number of hydrogen-bond donors (Lipinski definition) is 2. The van der Waals surface area contributed by atoms with E-state index in [2.05, 4.69) is 35.8 Å². The molecule has 0 aromatic rings. The Kier molecular flexibility index (Phi) is 5.57. The lowest BCUT2D eigenvalue weighted by molar-refractivity contribution is 0.566. The van der Waals surface area contributed by atoms with Gasteiger partial charge in [0.15, 0.2) is 0 Å². The van der Waals surface area contributed by atoms with Gasteiger partial charge in [-0.1, -0.05) is 25.2 Å². The molecule has 2 nitrogen and oxygen atoms in total. The van der Waals surface area contributed by atoms with Crippen molar-refractivity contribution in [2.75, 3.05) is 26.7 Å². The molecule has 1 aliphatic rings. The van der Waals surface area contributed by atoms with Gasteiger partial charge in [-0.05, 0) is 31.4 Å². The monoisotopic (exact) mass is 194 g/mol. The zero-order valence-electron chi connectivity index (χ0n) is 9.34. The Morgan fingerprint density at radius 3 is 2.86 bits per heavy atom. The van der Waals surface area contributed by atoms with Crippen molar-refractivity contribution in [2.24, 2.45) is 5.92 Å². The van der Waals surface area contributed by atoms with E-state index in [1.807, 2.05) is 7.05 Å². The SMILES string of the molecule is CNCCNCC(C)C1=CCCC=C1. The van der Waals surface area contributed by atoms with Crippen LogP contribution in [0.1, 0.15) is 19.8 Å². The predicted molar refractivity (Wildman–Crippen MR) is 62.4 cm³/mol. The van der Waals surface area contributed by atoms with E-state index in [-0.39, 0.29) is 0 Å². The minimum absolute atomic E-state index is 0.642. The Morgan fingerprint density at radius 2 is 2.21 bits per heavy atom. The van der Waals surface area contributed by atoms with Crippen LogP contribution in [-0.2, 0) is 0 Å². The van der Waals surface area contributed by atoms with Crippen LogP contribution in [0, 0.1) is 5.92 Å². The van der Waals surface area contributed by atoms with Crippen molar-refractivity contribution in [3.63, 3.8) is 0 Å². The molecule has 1 rings (SSSR count). The second kappa shape index (κ2) is 6.80. The molecule has 0 fully saturated rings. The van der Waals surface area contributed by atoms with Gasteiger partial charge < -0.3 is 10.6 Å². The molecule has 0 aromatic carbocycles. The van der Waals surface area contributed by atoms with Crippen molar-refractivity contribution < 1.29 is 0 Å². The first-order valence-electron chi connectivity index (χ1n) is 5.56. The molecule has 1 unspecified atom stereocenters. The maximum Gasteiger partial charge on any atom is 0.00768 e. The lowest BCUT2D eigenvalue weighted by atomic mass is 9.95. The fraction of sp³-hybridized carbons (Fsp3) is 0.667. The Bertz CT molecular complexity index is 206. The first kappa shape index (κ1) is 11.5. The van der Waals surface area contributed by atoms with Crippen LogP contribution < -0.4 is 10.6 Å². The molecule has 0 heterocycles. The summed E-state index contributed by atoms with van der Waals surface area (Å²) < 4.78 is 0. The predicted octanol–water partition coefficient (Wildman–Crippen LogP) is 1.71. The highest BCUT2D eigenvalue weighted by Crippen LogP contribution is 2.17. The summed E-state index contributed by atoms with van der Waals surface area (Å²) in [4.78, 5) is 0. The Hall–Kier alpha value is -0.600. The Morgan fingerprint density at radius 1 is 1.36 bits per heavy atom. The van der Waals surface area contributed by atoms with Gasteiger partial charge in [-0.2, -0.15) is 0 Å². The number of allylic oxidation sites excluding steroid dienone is 3. The first-order chi connectivity index (χ1) is 6.84. The molecule has 2 heteroatoms. The summed E-state index contributed by atoms with van der Waals surface area (Å²) >= 11 is 0. The molecule has 0 bridgehead atoms. The maximum atomic E-state index is 3.45. The largest absolute Gasteiger partial charge is 0.318 e. The van der Waals surface area contributed by atoms with Crippen LogP contribution >= 0.6 is 0 Å². The second-order valence-corrected chi connectivity index (χ2v) is 3.89. The third kappa shape index (κ3) is 4.07. The molecule has 0 amide bonds.